The summed E-state index contributed by atoms with van der Waals surface area (Å²) in [6, 6.07) is 9.74. The van der Waals surface area contributed by atoms with Gasteiger partial charge in [0.1, 0.15) is 35.2 Å². The van der Waals surface area contributed by atoms with Crippen LogP contribution >= 0.6 is 0 Å². The molecule has 0 spiro atoms. The number of hydrogen-bond donors (Lipinski definition) is 2. The first-order chi connectivity index (χ1) is 19.3. The lowest BCUT2D eigenvalue weighted by Crippen LogP contribution is -2.22. The highest BCUT2D eigenvalue weighted by molar-refractivity contribution is 7.91. The van der Waals surface area contributed by atoms with Crippen LogP contribution in [0.1, 0.15) is 40.0 Å². The van der Waals surface area contributed by atoms with E-state index in [4.69, 9.17) is 9.47 Å². The van der Waals surface area contributed by atoms with E-state index in [0.717, 1.165) is 36.8 Å². The van der Waals surface area contributed by atoms with E-state index in [1.807, 2.05) is 6.07 Å². The van der Waals surface area contributed by atoms with Crippen LogP contribution in [0, 0.1) is 11.3 Å². The summed E-state index contributed by atoms with van der Waals surface area (Å²) in [5.41, 5.74) is -1.59. The van der Waals surface area contributed by atoms with Gasteiger partial charge in [-0.2, -0.15) is 5.26 Å². The smallest absolute Gasteiger partial charge is 0.281 e. The Morgan fingerprint density at radius 3 is 1.48 bits per heavy atom. The molecule has 0 aliphatic heterocycles. The molecule has 2 N–H and O–H groups in total. The number of nitrogens with zero attached hydrogens (tertiary/aromatic N) is 1. The fourth-order valence-corrected chi connectivity index (χ4v) is 7.04. The van der Waals surface area contributed by atoms with Crippen molar-refractivity contribution in [1.82, 2.24) is 0 Å². The molecule has 0 radical (unpaired) electrons. The van der Waals surface area contributed by atoms with E-state index in [2.05, 4.69) is 0 Å². The third kappa shape index (κ3) is 5.08. The first-order valence-electron chi connectivity index (χ1n) is 12.1. The number of ether oxygens (including phenoxy) is 2. The van der Waals surface area contributed by atoms with Crippen molar-refractivity contribution < 1.29 is 54.1 Å². The summed E-state index contributed by atoms with van der Waals surface area (Å²) < 4.78 is 118. The Morgan fingerprint density at radius 1 is 0.762 bits per heavy atom. The molecule has 42 heavy (non-hydrogen) atoms. The van der Waals surface area contributed by atoms with Gasteiger partial charge in [0.2, 0.25) is 0 Å². The van der Waals surface area contributed by atoms with Gasteiger partial charge in [0.05, 0.1) is 21.4 Å². The van der Waals surface area contributed by atoms with Crippen LogP contribution in [0.4, 0.5) is 17.6 Å². The molecule has 2 atom stereocenters. The molecule has 3 aromatic carbocycles. The van der Waals surface area contributed by atoms with Crippen molar-refractivity contribution in [3.05, 3.63) is 70.3 Å². The van der Waals surface area contributed by atoms with Gasteiger partial charge in [0.25, 0.3) is 11.8 Å². The number of sulfone groups is 2. The van der Waals surface area contributed by atoms with Crippen LogP contribution in [0.25, 0.3) is 0 Å². The number of aliphatic hydroxyl groups is 2. The number of rotatable bonds is 6. The Morgan fingerprint density at radius 2 is 1.14 bits per heavy atom. The van der Waals surface area contributed by atoms with E-state index >= 15 is 0 Å². The average Bonchev–Trinajstić information content (AvgIpc) is 3.26. The lowest BCUT2D eigenvalue weighted by molar-refractivity contribution is -0.0978. The van der Waals surface area contributed by atoms with Gasteiger partial charge >= 0.3 is 0 Å². The summed E-state index contributed by atoms with van der Waals surface area (Å²) in [5.74, 6) is -8.10. The van der Waals surface area contributed by atoms with Crippen molar-refractivity contribution in [3.8, 4) is 29.1 Å². The van der Waals surface area contributed by atoms with Crippen LogP contribution in [-0.2, 0) is 32.5 Å². The van der Waals surface area contributed by atoms with Gasteiger partial charge in [0.15, 0.2) is 19.7 Å². The van der Waals surface area contributed by atoms with Gasteiger partial charge in [-0.05, 0) is 36.4 Å². The Balaban J connectivity index is 1.56. The summed E-state index contributed by atoms with van der Waals surface area (Å²) in [6.07, 6.45) is -5.26. The van der Waals surface area contributed by atoms with Crippen LogP contribution in [0.5, 0.6) is 23.0 Å². The minimum Gasteiger partial charge on any atom is -0.457 e. The zero-order valence-electron chi connectivity index (χ0n) is 21.7. The predicted molar refractivity (Wildman–Crippen MR) is 138 cm³/mol. The molecule has 0 amide bonds. The molecular formula is C27H21F4NO8S2. The standard InChI is InChI=1S/C27H21F4NO8S2/c1-41(35,36)20-5-3-18(16-10-26(28,29)24(33)22(16)20)39-14-7-13(12-32)8-15(9-14)40-19-4-6-21(42(2,37)38)23-17(19)11-27(30,31)25(23)34/h3-9,24-25,33-34H,10-11H2,1-2H3/t24-,25-/m0/s1. The van der Waals surface area contributed by atoms with Crippen molar-refractivity contribution in [1.29, 1.82) is 5.26 Å². The van der Waals surface area contributed by atoms with Crippen molar-refractivity contribution >= 4 is 19.7 Å². The van der Waals surface area contributed by atoms with Gasteiger partial charge in [0, 0.05) is 53.7 Å². The number of alkyl halides is 4. The van der Waals surface area contributed by atoms with E-state index in [-0.39, 0.29) is 39.7 Å². The average molecular weight is 628 g/mol. The molecule has 3 aromatic rings. The first kappa shape index (κ1) is 29.8. The van der Waals surface area contributed by atoms with Crippen molar-refractivity contribution in [2.45, 2.75) is 46.7 Å². The van der Waals surface area contributed by atoms with Gasteiger partial charge in [-0.1, -0.05) is 0 Å². The van der Waals surface area contributed by atoms with E-state index in [1.54, 1.807) is 0 Å². The second-order valence-electron chi connectivity index (χ2n) is 10.1. The third-order valence-electron chi connectivity index (χ3n) is 6.98. The SMILES string of the molecule is CS(=O)(=O)c1ccc(Oc2cc(C#N)cc(Oc3ccc(S(C)(=O)=O)c4c3CC(F)(F)[C@H]4O)c2)c2c1[C@H](O)C(F)(F)C2. The van der Waals surface area contributed by atoms with Crippen LogP contribution < -0.4 is 9.47 Å². The van der Waals surface area contributed by atoms with E-state index in [9.17, 15) is 49.9 Å². The molecule has 222 valence electrons. The molecule has 5 rings (SSSR count). The molecule has 0 saturated carbocycles. The molecule has 0 unspecified atom stereocenters. The van der Waals surface area contributed by atoms with Crippen molar-refractivity contribution in [2.75, 3.05) is 12.5 Å². The Labute approximate surface area is 237 Å². The summed E-state index contributed by atoms with van der Waals surface area (Å²) >= 11 is 0. The van der Waals surface area contributed by atoms with Crippen LogP contribution in [0.15, 0.2) is 52.3 Å². The Bertz CT molecular complexity index is 1780. The molecule has 15 heteroatoms. The fraction of sp³-hybridized carbons (Fsp3) is 0.296. The Hall–Kier alpha value is -3.71. The van der Waals surface area contributed by atoms with Gasteiger partial charge in [-0.25, -0.2) is 34.4 Å². The largest absolute Gasteiger partial charge is 0.457 e. The Kier molecular flexibility index (Phi) is 6.85. The highest BCUT2D eigenvalue weighted by atomic mass is 32.2. The monoisotopic (exact) mass is 627 g/mol. The summed E-state index contributed by atoms with van der Waals surface area (Å²) in [6.45, 7) is 0. The van der Waals surface area contributed by atoms with E-state index in [1.165, 1.54) is 18.2 Å². The highest BCUT2D eigenvalue weighted by Crippen LogP contribution is 2.51. The fourth-order valence-electron chi connectivity index (χ4n) is 5.14. The summed E-state index contributed by atoms with van der Waals surface area (Å²) in [4.78, 5) is -0.982. The number of halogens is 4. The first-order valence-corrected chi connectivity index (χ1v) is 15.9. The maximum absolute atomic E-state index is 14.5. The minimum absolute atomic E-state index is 0.0629. The number of nitriles is 1. The van der Waals surface area contributed by atoms with Gasteiger partial charge in [-0.15, -0.1) is 0 Å². The van der Waals surface area contributed by atoms with Crippen LogP contribution in [0.3, 0.4) is 0 Å². The predicted octanol–water partition coefficient (Wildman–Crippen LogP) is 4.40. The normalized spacial score (nSPS) is 20.5. The molecular weight excluding hydrogens is 606 g/mol. The minimum atomic E-state index is -4.00. The zero-order chi connectivity index (χ0) is 31.0. The maximum atomic E-state index is 14.5. The molecule has 0 aromatic heterocycles. The van der Waals surface area contributed by atoms with Crippen molar-refractivity contribution in [2.24, 2.45) is 0 Å². The maximum Gasteiger partial charge on any atom is 0.281 e. The number of benzene rings is 3. The summed E-state index contributed by atoms with van der Waals surface area (Å²) in [7, 11) is -8.01. The molecule has 0 bridgehead atoms. The lowest BCUT2D eigenvalue weighted by Gasteiger charge is -2.17. The quantitative estimate of drug-likeness (QED) is 0.379. The van der Waals surface area contributed by atoms with Crippen LogP contribution in [-0.4, -0.2) is 51.4 Å². The molecule has 2 aliphatic rings. The zero-order valence-corrected chi connectivity index (χ0v) is 23.4. The third-order valence-corrected chi connectivity index (χ3v) is 9.29. The molecule has 0 heterocycles. The molecule has 0 fully saturated rings. The summed E-state index contributed by atoms with van der Waals surface area (Å²) in [5, 5.41) is 29.9. The topological polar surface area (TPSA) is 151 Å². The van der Waals surface area contributed by atoms with E-state index < -0.39 is 77.5 Å². The number of aliphatic hydroxyl groups excluding tert-OH is 2. The highest BCUT2D eigenvalue weighted by Gasteiger charge is 2.51. The van der Waals surface area contributed by atoms with E-state index in [0.29, 0.717) is 0 Å². The number of hydrogen-bond acceptors (Lipinski definition) is 9. The second kappa shape index (κ2) is 9.66. The second-order valence-corrected chi connectivity index (χ2v) is 14.1. The molecule has 9 nitrogen and oxygen atoms in total. The number of fused-ring (bicyclic) bond motifs is 2. The molecule has 0 saturated heterocycles. The molecule has 2 aliphatic carbocycles. The van der Waals surface area contributed by atoms with Crippen LogP contribution in [0.2, 0.25) is 0 Å². The van der Waals surface area contributed by atoms with Gasteiger partial charge < -0.3 is 19.7 Å². The lowest BCUT2D eigenvalue weighted by atomic mass is 10.1. The van der Waals surface area contributed by atoms with Gasteiger partial charge in [-0.3, -0.25) is 0 Å². The van der Waals surface area contributed by atoms with Crippen molar-refractivity contribution in [3.63, 3.8) is 0 Å².